The molecule has 2 atom stereocenters. The summed E-state index contributed by atoms with van der Waals surface area (Å²) in [6.45, 7) is 8.34. The molecule has 3 aromatic rings. The molecule has 0 aliphatic carbocycles. The van der Waals surface area contributed by atoms with Gasteiger partial charge in [0, 0.05) is 17.6 Å². The molecule has 41 heavy (non-hydrogen) atoms. The second-order valence-electron chi connectivity index (χ2n) is 11.2. The number of carbonyl (C=O) groups is 2. The standard InChI is InChI=1S/C31H39F2N3O4S/c1-18(2)12-25(36-16-21(10-11-35(5)6)13-23(29(32)33)31(36)40)30(39)34-24(15-27(37)38)22-14-26(41-17-22)28-19(3)8-7-9-20(28)4/h7-9,13-14,16-18,24-25,29H,10-12,15H2,1-6H3,(H,34,39)(H,37,38)/t24-,25-/m1/s1. The molecule has 0 aliphatic rings. The van der Waals surface area contributed by atoms with Crippen molar-refractivity contribution in [1.82, 2.24) is 14.8 Å². The van der Waals surface area contributed by atoms with Crippen LogP contribution in [0.1, 0.15) is 73.0 Å². The number of likely N-dealkylation sites (N-methyl/N-ethyl adjacent to an activating group) is 1. The molecule has 1 amide bonds. The van der Waals surface area contributed by atoms with E-state index in [0.29, 0.717) is 24.1 Å². The number of nitrogens with zero attached hydrogens (tertiary/aromatic N) is 2. The number of carboxylic acid groups (broad SMARTS) is 1. The number of pyridine rings is 1. The van der Waals surface area contributed by atoms with Crippen molar-refractivity contribution in [2.24, 2.45) is 5.92 Å². The van der Waals surface area contributed by atoms with Crippen LogP contribution in [0.2, 0.25) is 0 Å². The number of alkyl halides is 2. The number of benzene rings is 1. The maximum absolute atomic E-state index is 13.9. The lowest BCUT2D eigenvalue weighted by molar-refractivity contribution is -0.138. The van der Waals surface area contributed by atoms with Crippen molar-refractivity contribution in [3.63, 3.8) is 0 Å². The Morgan fingerprint density at radius 3 is 2.34 bits per heavy atom. The zero-order valence-electron chi connectivity index (χ0n) is 24.4. The summed E-state index contributed by atoms with van der Waals surface area (Å²) in [4.78, 5) is 41.6. The summed E-state index contributed by atoms with van der Waals surface area (Å²) in [7, 11) is 3.72. The molecular weight excluding hydrogens is 548 g/mol. The second-order valence-corrected chi connectivity index (χ2v) is 12.1. The summed E-state index contributed by atoms with van der Waals surface area (Å²) >= 11 is 1.46. The lowest BCUT2D eigenvalue weighted by Gasteiger charge is -2.25. The predicted octanol–water partition coefficient (Wildman–Crippen LogP) is 6.15. The van der Waals surface area contributed by atoms with Crippen molar-refractivity contribution >= 4 is 23.2 Å². The van der Waals surface area contributed by atoms with Crippen molar-refractivity contribution in [3.05, 3.63) is 80.1 Å². The van der Waals surface area contributed by atoms with Crippen LogP contribution in [-0.2, 0) is 16.0 Å². The minimum absolute atomic E-state index is 0.0483. The van der Waals surface area contributed by atoms with Gasteiger partial charge in [-0.15, -0.1) is 11.3 Å². The van der Waals surface area contributed by atoms with Crippen molar-refractivity contribution in [1.29, 1.82) is 0 Å². The summed E-state index contributed by atoms with van der Waals surface area (Å²) < 4.78 is 28.9. The maximum Gasteiger partial charge on any atom is 0.305 e. The molecule has 0 radical (unpaired) electrons. The van der Waals surface area contributed by atoms with Gasteiger partial charge in [0.1, 0.15) is 6.04 Å². The highest BCUT2D eigenvalue weighted by molar-refractivity contribution is 7.13. The molecular formula is C31H39F2N3O4S. The van der Waals surface area contributed by atoms with Crippen LogP contribution in [0.3, 0.4) is 0 Å². The van der Waals surface area contributed by atoms with E-state index in [9.17, 15) is 28.3 Å². The summed E-state index contributed by atoms with van der Waals surface area (Å²) in [5.74, 6) is -1.73. The van der Waals surface area contributed by atoms with E-state index in [2.05, 4.69) is 5.32 Å². The minimum Gasteiger partial charge on any atom is -0.481 e. The molecule has 2 aromatic heterocycles. The average Bonchev–Trinajstić information content (AvgIpc) is 3.35. The Morgan fingerprint density at radius 1 is 1.12 bits per heavy atom. The van der Waals surface area contributed by atoms with Crippen molar-refractivity contribution in [2.45, 2.75) is 65.5 Å². The molecule has 0 aliphatic heterocycles. The molecule has 222 valence electrons. The van der Waals surface area contributed by atoms with Crippen LogP contribution in [-0.4, -0.2) is 47.1 Å². The first-order valence-electron chi connectivity index (χ1n) is 13.6. The molecule has 2 heterocycles. The van der Waals surface area contributed by atoms with Crippen molar-refractivity contribution in [3.8, 4) is 10.4 Å². The quantitative estimate of drug-likeness (QED) is 0.250. The summed E-state index contributed by atoms with van der Waals surface area (Å²) in [6, 6.07) is 7.12. The highest BCUT2D eigenvalue weighted by Crippen LogP contribution is 2.35. The zero-order chi connectivity index (χ0) is 30.4. The number of carboxylic acids is 1. The van der Waals surface area contributed by atoms with E-state index in [4.69, 9.17) is 0 Å². The van der Waals surface area contributed by atoms with E-state index >= 15 is 0 Å². The molecule has 0 fully saturated rings. The van der Waals surface area contributed by atoms with Crippen LogP contribution in [0.15, 0.2) is 46.7 Å². The van der Waals surface area contributed by atoms with Gasteiger partial charge in [0.15, 0.2) is 0 Å². The van der Waals surface area contributed by atoms with Gasteiger partial charge < -0.3 is 19.9 Å². The summed E-state index contributed by atoms with van der Waals surface area (Å²) in [5.41, 5.74) is 2.80. The van der Waals surface area contributed by atoms with E-state index in [1.54, 1.807) is 0 Å². The molecule has 1 aromatic carbocycles. The number of hydrogen-bond acceptors (Lipinski definition) is 5. The average molecular weight is 588 g/mol. The Balaban J connectivity index is 2.02. The Morgan fingerprint density at radius 2 is 1.78 bits per heavy atom. The Labute approximate surface area is 243 Å². The van der Waals surface area contributed by atoms with Gasteiger partial charge in [0.25, 0.3) is 12.0 Å². The molecule has 0 unspecified atom stereocenters. The number of nitrogens with one attached hydrogen (secondary N) is 1. The first-order chi connectivity index (χ1) is 19.3. The highest BCUT2D eigenvalue weighted by Gasteiger charge is 2.29. The lowest BCUT2D eigenvalue weighted by atomic mass is 9.98. The van der Waals surface area contributed by atoms with Crippen LogP contribution in [0, 0.1) is 19.8 Å². The van der Waals surface area contributed by atoms with Gasteiger partial charge in [0.05, 0.1) is 18.0 Å². The number of carbonyl (C=O) groups excluding carboxylic acids is 1. The molecule has 0 saturated heterocycles. The van der Waals surface area contributed by atoms with E-state index in [1.165, 1.54) is 23.6 Å². The number of amides is 1. The van der Waals surface area contributed by atoms with Gasteiger partial charge in [0.2, 0.25) is 5.91 Å². The SMILES string of the molecule is Cc1cccc(C)c1-c1cc([C@@H](CC(=O)O)NC(=O)[C@@H](CC(C)C)n2cc(CCN(C)C)cc(C(F)F)c2=O)cs1. The highest BCUT2D eigenvalue weighted by atomic mass is 32.1. The molecule has 7 nitrogen and oxygen atoms in total. The number of aromatic nitrogens is 1. The van der Waals surface area contributed by atoms with Gasteiger partial charge in [-0.05, 0) is 92.0 Å². The monoisotopic (exact) mass is 587 g/mol. The number of rotatable bonds is 13. The van der Waals surface area contributed by atoms with Gasteiger partial charge in [-0.1, -0.05) is 32.0 Å². The molecule has 0 spiro atoms. The van der Waals surface area contributed by atoms with Crippen molar-refractivity contribution < 1.29 is 23.5 Å². The molecule has 0 saturated carbocycles. The summed E-state index contributed by atoms with van der Waals surface area (Å²) in [5, 5.41) is 14.3. The minimum atomic E-state index is -3.00. The molecule has 10 heteroatoms. The van der Waals surface area contributed by atoms with Crippen LogP contribution in [0.4, 0.5) is 8.78 Å². The smallest absolute Gasteiger partial charge is 0.305 e. The number of aryl methyl sites for hydroxylation is 2. The number of halogens is 2. The Kier molecular flexibility index (Phi) is 11.0. The van der Waals surface area contributed by atoms with Gasteiger partial charge >= 0.3 is 5.97 Å². The fraction of sp³-hybridized carbons (Fsp3) is 0.452. The fourth-order valence-electron chi connectivity index (χ4n) is 4.92. The normalized spacial score (nSPS) is 13.1. The van der Waals surface area contributed by atoms with E-state index in [1.807, 2.05) is 76.3 Å². The third-order valence-electron chi connectivity index (χ3n) is 6.99. The van der Waals surface area contributed by atoms with E-state index in [0.717, 1.165) is 26.1 Å². The summed E-state index contributed by atoms with van der Waals surface area (Å²) in [6.07, 6.45) is -1.25. The molecule has 2 N–H and O–H groups in total. The van der Waals surface area contributed by atoms with Crippen LogP contribution in [0.25, 0.3) is 10.4 Å². The maximum atomic E-state index is 13.9. The number of hydrogen-bond donors (Lipinski definition) is 2. The number of thiophene rings is 1. The Hall–Kier alpha value is -3.37. The predicted molar refractivity (Wildman–Crippen MR) is 159 cm³/mol. The Bertz CT molecular complexity index is 1410. The van der Waals surface area contributed by atoms with Gasteiger partial charge in [-0.3, -0.25) is 14.4 Å². The van der Waals surface area contributed by atoms with E-state index in [-0.39, 0.29) is 18.8 Å². The van der Waals surface area contributed by atoms with Gasteiger partial charge in [-0.2, -0.15) is 0 Å². The lowest BCUT2D eigenvalue weighted by Crippen LogP contribution is -2.41. The second kappa shape index (κ2) is 14.0. The van der Waals surface area contributed by atoms with Crippen molar-refractivity contribution in [2.75, 3.05) is 20.6 Å². The zero-order valence-corrected chi connectivity index (χ0v) is 25.2. The first-order valence-corrected chi connectivity index (χ1v) is 14.5. The molecule has 0 bridgehead atoms. The third kappa shape index (κ3) is 8.33. The van der Waals surface area contributed by atoms with Crippen LogP contribution < -0.4 is 10.9 Å². The topological polar surface area (TPSA) is 91.6 Å². The van der Waals surface area contributed by atoms with Gasteiger partial charge in [-0.25, -0.2) is 8.78 Å². The number of aliphatic carboxylic acids is 1. The third-order valence-corrected chi connectivity index (χ3v) is 7.95. The van der Waals surface area contributed by atoms with Crippen LogP contribution in [0.5, 0.6) is 0 Å². The fourth-order valence-corrected chi connectivity index (χ4v) is 6.06. The molecule has 3 rings (SSSR count). The van der Waals surface area contributed by atoms with Crippen LogP contribution >= 0.6 is 11.3 Å². The largest absolute Gasteiger partial charge is 0.481 e. The van der Waals surface area contributed by atoms with E-state index < -0.39 is 41.5 Å². The first kappa shape index (κ1) is 32.1.